The molecule has 3 fully saturated rings. The Morgan fingerprint density at radius 1 is 1.11 bits per heavy atom. The average Bonchev–Trinajstić information content (AvgIpc) is 3.35. The van der Waals surface area contributed by atoms with Crippen LogP contribution in [0.3, 0.4) is 0 Å². The van der Waals surface area contributed by atoms with Gasteiger partial charge in [-0.25, -0.2) is 0 Å². The lowest BCUT2D eigenvalue weighted by molar-refractivity contribution is -0.137. The van der Waals surface area contributed by atoms with E-state index in [1.165, 1.54) is 19.3 Å². The second-order valence-corrected chi connectivity index (χ2v) is 7.97. The van der Waals surface area contributed by atoms with Crippen LogP contribution in [0.4, 0.5) is 0 Å². The molecule has 4 rings (SSSR count). The van der Waals surface area contributed by atoms with E-state index in [0.29, 0.717) is 25.0 Å². The summed E-state index contributed by atoms with van der Waals surface area (Å²) >= 11 is 0. The average molecular weight is 392 g/mol. The van der Waals surface area contributed by atoms with Gasteiger partial charge < -0.3 is 15.1 Å². The molecule has 2 saturated heterocycles. The van der Waals surface area contributed by atoms with Gasteiger partial charge in [-0.1, -0.05) is 31.0 Å². The molecule has 1 atom stereocenters. The van der Waals surface area contributed by atoms with Crippen LogP contribution in [0, 0.1) is 5.92 Å². The fourth-order valence-corrected chi connectivity index (χ4v) is 4.74. The SMILES string of the molecule is Cl.O=C(c1ccccc1CC1CCNC1)N1CCN(C2CCCC2)C(=O)C1. The van der Waals surface area contributed by atoms with Crippen molar-refractivity contribution in [3.63, 3.8) is 0 Å². The highest BCUT2D eigenvalue weighted by Gasteiger charge is 2.33. The van der Waals surface area contributed by atoms with E-state index in [1.807, 2.05) is 23.1 Å². The monoisotopic (exact) mass is 391 g/mol. The summed E-state index contributed by atoms with van der Waals surface area (Å²) in [6.07, 6.45) is 6.79. The number of amides is 2. The number of carbonyl (C=O) groups excluding carboxylic acids is 2. The van der Waals surface area contributed by atoms with Crippen molar-refractivity contribution in [2.75, 3.05) is 32.7 Å². The zero-order chi connectivity index (χ0) is 17.9. The van der Waals surface area contributed by atoms with Gasteiger partial charge in [-0.15, -0.1) is 12.4 Å². The molecule has 148 valence electrons. The Morgan fingerprint density at radius 2 is 1.89 bits per heavy atom. The van der Waals surface area contributed by atoms with Crippen LogP contribution >= 0.6 is 12.4 Å². The largest absolute Gasteiger partial charge is 0.336 e. The lowest BCUT2D eigenvalue weighted by Crippen LogP contribution is -2.55. The maximum atomic E-state index is 13.1. The van der Waals surface area contributed by atoms with Crippen LogP contribution in [0.25, 0.3) is 0 Å². The van der Waals surface area contributed by atoms with Gasteiger partial charge in [-0.3, -0.25) is 9.59 Å². The number of rotatable bonds is 4. The van der Waals surface area contributed by atoms with Gasteiger partial charge in [0.2, 0.25) is 5.91 Å². The van der Waals surface area contributed by atoms with E-state index in [4.69, 9.17) is 0 Å². The summed E-state index contributed by atoms with van der Waals surface area (Å²) in [7, 11) is 0. The third-order valence-electron chi connectivity index (χ3n) is 6.23. The third kappa shape index (κ3) is 4.46. The quantitative estimate of drug-likeness (QED) is 0.857. The number of hydrogen-bond acceptors (Lipinski definition) is 3. The summed E-state index contributed by atoms with van der Waals surface area (Å²) in [5, 5.41) is 3.40. The summed E-state index contributed by atoms with van der Waals surface area (Å²) in [6.45, 7) is 3.67. The number of halogens is 1. The number of nitrogens with zero attached hydrogens (tertiary/aromatic N) is 2. The second kappa shape index (κ2) is 9.07. The first kappa shape index (κ1) is 20.2. The van der Waals surface area contributed by atoms with Crippen molar-refractivity contribution in [1.29, 1.82) is 0 Å². The van der Waals surface area contributed by atoms with Crippen LogP contribution < -0.4 is 5.32 Å². The van der Waals surface area contributed by atoms with Crippen molar-refractivity contribution in [1.82, 2.24) is 15.1 Å². The molecule has 0 spiro atoms. The smallest absolute Gasteiger partial charge is 0.254 e. The van der Waals surface area contributed by atoms with Crippen LogP contribution in [-0.4, -0.2) is 60.4 Å². The third-order valence-corrected chi connectivity index (χ3v) is 6.23. The van der Waals surface area contributed by atoms with E-state index in [1.54, 1.807) is 4.90 Å². The zero-order valence-corrected chi connectivity index (χ0v) is 16.7. The van der Waals surface area contributed by atoms with E-state index in [9.17, 15) is 9.59 Å². The number of hydrogen-bond donors (Lipinski definition) is 1. The highest BCUT2D eigenvalue weighted by Crippen LogP contribution is 2.26. The fraction of sp³-hybridized carbons (Fsp3) is 0.619. The van der Waals surface area contributed by atoms with E-state index >= 15 is 0 Å². The molecule has 1 N–H and O–H groups in total. The number of nitrogens with one attached hydrogen (secondary N) is 1. The number of piperazine rings is 1. The predicted octanol–water partition coefficient (Wildman–Crippen LogP) is 2.49. The van der Waals surface area contributed by atoms with Crippen molar-refractivity contribution < 1.29 is 9.59 Å². The maximum Gasteiger partial charge on any atom is 0.254 e. The summed E-state index contributed by atoms with van der Waals surface area (Å²) in [5.74, 6) is 0.741. The molecule has 3 aliphatic rings. The molecule has 1 aromatic carbocycles. The van der Waals surface area contributed by atoms with Crippen LogP contribution in [0.15, 0.2) is 24.3 Å². The second-order valence-electron chi connectivity index (χ2n) is 7.97. The first-order valence-electron chi connectivity index (χ1n) is 10.1. The minimum absolute atomic E-state index is 0. The molecule has 1 aliphatic carbocycles. The molecule has 6 heteroatoms. The van der Waals surface area contributed by atoms with Crippen molar-refractivity contribution in [3.05, 3.63) is 35.4 Å². The van der Waals surface area contributed by atoms with E-state index in [0.717, 1.165) is 43.5 Å². The number of benzene rings is 1. The predicted molar refractivity (Wildman–Crippen MR) is 108 cm³/mol. The molecule has 0 bridgehead atoms. The van der Waals surface area contributed by atoms with E-state index in [2.05, 4.69) is 11.4 Å². The van der Waals surface area contributed by atoms with Crippen LogP contribution in [0.2, 0.25) is 0 Å². The van der Waals surface area contributed by atoms with Crippen LogP contribution in [0.1, 0.15) is 48.0 Å². The standard InChI is InChI=1S/C21H29N3O2.ClH/c25-20-15-23(11-12-24(20)18-6-2-3-7-18)21(26)19-8-4-1-5-17(19)13-16-9-10-22-14-16;/h1,4-5,8,16,18,22H,2-3,6-7,9-15H2;1H. The molecule has 27 heavy (non-hydrogen) atoms. The van der Waals surface area contributed by atoms with E-state index in [-0.39, 0.29) is 30.8 Å². The van der Waals surface area contributed by atoms with Crippen molar-refractivity contribution in [2.24, 2.45) is 5.92 Å². The highest BCUT2D eigenvalue weighted by molar-refractivity contribution is 5.98. The van der Waals surface area contributed by atoms with Gasteiger partial charge in [0, 0.05) is 24.7 Å². The van der Waals surface area contributed by atoms with Gasteiger partial charge in [0.25, 0.3) is 5.91 Å². The molecule has 1 unspecified atom stereocenters. The molecular formula is C21H30ClN3O2. The minimum atomic E-state index is 0. The van der Waals surface area contributed by atoms with Crippen molar-refractivity contribution in [3.8, 4) is 0 Å². The molecule has 2 amide bonds. The molecule has 5 nitrogen and oxygen atoms in total. The molecule has 1 saturated carbocycles. The van der Waals surface area contributed by atoms with Gasteiger partial charge in [0.15, 0.2) is 0 Å². The Morgan fingerprint density at radius 3 is 2.59 bits per heavy atom. The molecule has 2 heterocycles. The highest BCUT2D eigenvalue weighted by atomic mass is 35.5. The Balaban J connectivity index is 0.00000210. The zero-order valence-electron chi connectivity index (χ0n) is 15.9. The summed E-state index contributed by atoms with van der Waals surface area (Å²) in [6, 6.07) is 8.34. The molecular weight excluding hydrogens is 362 g/mol. The van der Waals surface area contributed by atoms with Gasteiger partial charge in [0.1, 0.15) is 6.54 Å². The van der Waals surface area contributed by atoms with Gasteiger partial charge in [-0.05, 0) is 56.3 Å². The maximum absolute atomic E-state index is 13.1. The first-order valence-corrected chi connectivity index (χ1v) is 10.1. The van der Waals surface area contributed by atoms with Crippen molar-refractivity contribution in [2.45, 2.75) is 44.6 Å². The lowest BCUT2D eigenvalue weighted by atomic mass is 9.94. The molecule has 1 aromatic rings. The molecule has 2 aliphatic heterocycles. The Bertz CT molecular complexity index is 669. The topological polar surface area (TPSA) is 52.7 Å². The lowest BCUT2D eigenvalue weighted by Gasteiger charge is -2.38. The summed E-state index contributed by atoms with van der Waals surface area (Å²) in [5.41, 5.74) is 1.90. The van der Waals surface area contributed by atoms with E-state index < -0.39 is 0 Å². The first-order chi connectivity index (χ1) is 12.7. The fourth-order valence-electron chi connectivity index (χ4n) is 4.74. The van der Waals surface area contributed by atoms with Crippen molar-refractivity contribution >= 4 is 24.2 Å². The van der Waals surface area contributed by atoms with Gasteiger partial charge >= 0.3 is 0 Å². The van der Waals surface area contributed by atoms with Crippen LogP contribution in [0.5, 0.6) is 0 Å². The Hall–Kier alpha value is -1.59. The summed E-state index contributed by atoms with van der Waals surface area (Å²) < 4.78 is 0. The molecule has 0 aromatic heterocycles. The van der Waals surface area contributed by atoms with Gasteiger partial charge in [-0.2, -0.15) is 0 Å². The Kier molecular flexibility index (Phi) is 6.77. The molecule has 0 radical (unpaired) electrons. The Labute approximate surface area is 167 Å². The van der Waals surface area contributed by atoms with Gasteiger partial charge in [0.05, 0.1) is 0 Å². The summed E-state index contributed by atoms with van der Waals surface area (Å²) in [4.78, 5) is 29.5. The normalized spacial score (nSPS) is 23.6. The number of carbonyl (C=O) groups is 2. The minimum Gasteiger partial charge on any atom is -0.336 e. The van der Waals surface area contributed by atoms with Crippen LogP contribution in [-0.2, 0) is 11.2 Å².